The molecule has 4 heteroatoms. The van der Waals surface area contributed by atoms with Crippen LogP contribution >= 0.6 is 23.5 Å². The van der Waals surface area contributed by atoms with Gasteiger partial charge in [0.1, 0.15) is 11.5 Å². The number of hydrogen-bond donors (Lipinski definition) is 0. The van der Waals surface area contributed by atoms with E-state index >= 15 is 0 Å². The lowest BCUT2D eigenvalue weighted by atomic mass is 10.1. The zero-order valence-corrected chi connectivity index (χ0v) is 17.9. The second-order valence-corrected chi connectivity index (χ2v) is 10.1. The monoisotopic (exact) mass is 443 g/mol. The van der Waals surface area contributed by atoms with Gasteiger partial charge in [0, 0.05) is 22.5 Å². The van der Waals surface area contributed by atoms with Crippen LogP contribution in [0.2, 0.25) is 0 Å². The fourth-order valence-corrected chi connectivity index (χ4v) is 5.92. The Hall–Kier alpha value is -1.41. The van der Waals surface area contributed by atoms with E-state index in [0.717, 1.165) is 36.3 Å². The highest BCUT2D eigenvalue weighted by Gasteiger charge is 2.36. The Balaban J connectivity index is 1.25. The summed E-state index contributed by atoms with van der Waals surface area (Å²) in [6.45, 7) is 1.67. The van der Waals surface area contributed by atoms with Gasteiger partial charge in [-0.3, -0.25) is 0 Å². The number of ether oxygens (including phenoxy) is 2. The van der Waals surface area contributed by atoms with Crippen molar-refractivity contribution in [1.82, 2.24) is 0 Å². The maximum absolute atomic E-state index is 6.00. The van der Waals surface area contributed by atoms with Crippen LogP contribution in [0.3, 0.4) is 0 Å². The summed E-state index contributed by atoms with van der Waals surface area (Å²) in [7, 11) is -0.237. The van der Waals surface area contributed by atoms with Crippen LogP contribution < -0.4 is 4.74 Å². The Morgan fingerprint density at radius 2 is 1.85 bits per heavy atom. The number of benzene rings is 2. The second kappa shape index (κ2) is 9.19. The van der Waals surface area contributed by atoms with Crippen molar-refractivity contribution in [2.45, 2.75) is 37.9 Å². The van der Waals surface area contributed by atoms with E-state index in [1.165, 1.54) is 35.7 Å². The molecule has 0 saturated carbocycles. The first-order chi connectivity index (χ1) is 13.3. The minimum Gasteiger partial charge on any atom is -0.494 e. The number of hydrogen-bond acceptors (Lipinski definition) is 2. The Labute approximate surface area is 171 Å². The molecule has 27 heavy (non-hydrogen) atoms. The van der Waals surface area contributed by atoms with Crippen LogP contribution in [0.5, 0.6) is 5.75 Å². The Morgan fingerprint density at radius 3 is 2.52 bits per heavy atom. The van der Waals surface area contributed by atoms with Gasteiger partial charge in [-0.15, -0.1) is 0 Å². The average Bonchev–Trinajstić information content (AvgIpc) is 2.68. The zero-order valence-electron chi connectivity index (χ0n) is 15.4. The third-order valence-electron chi connectivity index (χ3n) is 5.08. The lowest BCUT2D eigenvalue weighted by molar-refractivity contribution is 0.0708. The minimum atomic E-state index is -0.237. The molecule has 4 rings (SSSR count). The molecule has 2 unspecified atom stereocenters. The van der Waals surface area contributed by atoms with Crippen molar-refractivity contribution >= 4 is 34.6 Å². The molecule has 2 aromatic carbocycles. The van der Waals surface area contributed by atoms with E-state index < -0.39 is 0 Å². The van der Waals surface area contributed by atoms with Gasteiger partial charge in [-0.05, 0) is 67.6 Å². The molecule has 2 aliphatic rings. The maximum atomic E-state index is 6.00. The third kappa shape index (κ3) is 4.90. The molecule has 0 aliphatic carbocycles. The molecule has 1 saturated heterocycles. The molecule has 0 N–H and O–H groups in total. The molecule has 2 nitrogen and oxygen atoms in total. The van der Waals surface area contributed by atoms with Crippen molar-refractivity contribution in [2.24, 2.45) is 0 Å². The molecule has 0 radical (unpaired) electrons. The molecule has 140 valence electrons. The molecular formula is C23H25BrO2P+. The van der Waals surface area contributed by atoms with Crippen LogP contribution in [0, 0.1) is 0 Å². The molecular weight excluding hydrogens is 419 g/mol. The zero-order chi connectivity index (χ0) is 18.5. The normalized spacial score (nSPS) is 20.4. The number of aryl methyl sites for hydroxylation is 1. The lowest BCUT2D eigenvalue weighted by Gasteiger charge is -2.21. The maximum Gasteiger partial charge on any atom is 0.220 e. The highest BCUT2D eigenvalue weighted by atomic mass is 79.9. The molecule has 0 spiro atoms. The van der Waals surface area contributed by atoms with Crippen molar-refractivity contribution < 1.29 is 9.47 Å². The van der Waals surface area contributed by atoms with Crippen molar-refractivity contribution in [3.63, 3.8) is 0 Å². The first kappa shape index (κ1) is 18.9. The van der Waals surface area contributed by atoms with Gasteiger partial charge in [-0.1, -0.05) is 28.1 Å². The molecule has 2 aliphatic heterocycles. The summed E-state index contributed by atoms with van der Waals surface area (Å²) in [5.41, 5.74) is 2.67. The number of allylic oxidation sites excluding steroid dienone is 1. The average molecular weight is 444 g/mol. The molecule has 0 bridgehead atoms. The Bertz CT molecular complexity index is 818. The van der Waals surface area contributed by atoms with Crippen molar-refractivity contribution in [3.05, 3.63) is 70.2 Å². The third-order valence-corrected chi connectivity index (χ3v) is 8.07. The summed E-state index contributed by atoms with van der Waals surface area (Å²) < 4.78 is 13.0. The highest BCUT2D eigenvalue weighted by Crippen LogP contribution is 2.52. The van der Waals surface area contributed by atoms with E-state index in [0.29, 0.717) is 5.85 Å². The Kier molecular flexibility index (Phi) is 6.44. The van der Waals surface area contributed by atoms with Crippen molar-refractivity contribution in [2.75, 3.05) is 13.2 Å². The summed E-state index contributed by atoms with van der Waals surface area (Å²) in [6, 6.07) is 17.1. The Morgan fingerprint density at radius 1 is 1.04 bits per heavy atom. The fraction of sp³-hybridized carbons (Fsp3) is 0.348. The van der Waals surface area contributed by atoms with Gasteiger partial charge in [0.2, 0.25) is 5.85 Å². The van der Waals surface area contributed by atoms with Crippen LogP contribution in [0.25, 0.3) is 5.31 Å². The van der Waals surface area contributed by atoms with Gasteiger partial charge in [0.15, 0.2) is 12.9 Å². The summed E-state index contributed by atoms with van der Waals surface area (Å²) in [5.74, 6) is 3.74. The second-order valence-electron chi connectivity index (χ2n) is 7.03. The molecule has 1 fully saturated rings. The molecule has 0 aromatic heterocycles. The summed E-state index contributed by atoms with van der Waals surface area (Å²) in [6.07, 6.45) is 8.05. The van der Waals surface area contributed by atoms with Gasteiger partial charge >= 0.3 is 0 Å². The quantitative estimate of drug-likeness (QED) is 0.353. The van der Waals surface area contributed by atoms with Gasteiger partial charge < -0.3 is 9.47 Å². The van der Waals surface area contributed by atoms with E-state index in [1.807, 2.05) is 0 Å². The standard InChI is InChI=1S/C23H25BrO2P/c24-20-10-6-18(7-11-20)4-3-16-25-21-12-8-19(9-13-21)22-14-17-27(22)23-5-1-2-15-26-23/h6-14,17,23H,1-5,15-16H2/q+1. The predicted molar refractivity (Wildman–Crippen MR) is 119 cm³/mol. The molecule has 2 heterocycles. The van der Waals surface area contributed by atoms with Crippen LogP contribution in [0.15, 0.2) is 59.1 Å². The molecule has 0 amide bonds. The van der Waals surface area contributed by atoms with Gasteiger partial charge in [-0.2, -0.15) is 0 Å². The molecule has 2 atom stereocenters. The summed E-state index contributed by atoms with van der Waals surface area (Å²) >= 11 is 3.47. The largest absolute Gasteiger partial charge is 0.494 e. The summed E-state index contributed by atoms with van der Waals surface area (Å²) in [4.78, 5) is 0. The van der Waals surface area contributed by atoms with E-state index in [9.17, 15) is 0 Å². The SMILES string of the molecule is Brc1ccc(CCCOc2ccc(C3=CC=[P+]3C3CCCCO3)cc2)cc1. The van der Waals surface area contributed by atoms with E-state index in [2.05, 4.69) is 76.3 Å². The van der Waals surface area contributed by atoms with E-state index in [4.69, 9.17) is 9.47 Å². The number of rotatable bonds is 7. The smallest absolute Gasteiger partial charge is 0.220 e. The topological polar surface area (TPSA) is 18.5 Å². The van der Waals surface area contributed by atoms with Crippen LogP contribution in [0.1, 0.15) is 36.8 Å². The predicted octanol–water partition coefficient (Wildman–Crippen LogP) is 6.63. The number of halogens is 1. The minimum absolute atomic E-state index is 0.237. The fourth-order valence-electron chi connectivity index (χ4n) is 3.51. The van der Waals surface area contributed by atoms with Crippen LogP contribution in [0.4, 0.5) is 0 Å². The van der Waals surface area contributed by atoms with Gasteiger partial charge in [0.25, 0.3) is 0 Å². The lowest BCUT2D eigenvalue weighted by Crippen LogP contribution is -2.17. The van der Waals surface area contributed by atoms with Crippen LogP contribution in [-0.4, -0.2) is 24.9 Å². The summed E-state index contributed by atoms with van der Waals surface area (Å²) in [5, 5.41) is 1.47. The highest BCUT2D eigenvalue weighted by molar-refractivity contribution is 9.10. The first-order valence-electron chi connectivity index (χ1n) is 9.72. The van der Waals surface area contributed by atoms with Gasteiger partial charge in [0.05, 0.1) is 13.2 Å². The van der Waals surface area contributed by atoms with E-state index in [1.54, 1.807) is 0 Å². The van der Waals surface area contributed by atoms with Gasteiger partial charge in [-0.25, -0.2) is 0 Å². The van der Waals surface area contributed by atoms with E-state index in [-0.39, 0.29) is 7.55 Å². The first-order valence-corrected chi connectivity index (χ1v) is 12.0. The van der Waals surface area contributed by atoms with Crippen LogP contribution in [-0.2, 0) is 11.2 Å². The van der Waals surface area contributed by atoms with Crippen molar-refractivity contribution in [1.29, 1.82) is 0 Å². The van der Waals surface area contributed by atoms with Crippen molar-refractivity contribution in [3.8, 4) is 5.75 Å². The molecule has 2 aromatic rings.